The van der Waals surface area contributed by atoms with E-state index >= 15 is 0 Å². The van der Waals surface area contributed by atoms with Crippen molar-refractivity contribution in [2.24, 2.45) is 5.73 Å². The molecule has 1 heterocycles. The second kappa shape index (κ2) is 2.96. The molecule has 1 aliphatic rings. The third kappa shape index (κ3) is 1.28. The van der Waals surface area contributed by atoms with E-state index in [0.29, 0.717) is 12.6 Å². The zero-order valence-corrected chi connectivity index (χ0v) is 7.43. The maximum atomic E-state index is 5.84. The number of nitrogens with two attached hydrogens (primary N) is 1. The molecular formula is C9H11ClN2. The molecule has 0 amide bonds. The fourth-order valence-corrected chi connectivity index (χ4v) is 1.71. The van der Waals surface area contributed by atoms with E-state index in [2.05, 4.69) is 11.4 Å². The number of hydrogen-bond donors (Lipinski definition) is 2. The van der Waals surface area contributed by atoms with Crippen molar-refractivity contribution < 1.29 is 0 Å². The molecule has 64 valence electrons. The van der Waals surface area contributed by atoms with Gasteiger partial charge in [0.2, 0.25) is 0 Å². The molecule has 0 fully saturated rings. The van der Waals surface area contributed by atoms with E-state index in [0.717, 1.165) is 17.1 Å². The van der Waals surface area contributed by atoms with Gasteiger partial charge in [0.1, 0.15) is 0 Å². The van der Waals surface area contributed by atoms with Crippen LogP contribution in [0.2, 0.25) is 5.02 Å². The number of rotatable bonds is 1. The van der Waals surface area contributed by atoms with Crippen molar-refractivity contribution >= 4 is 17.3 Å². The van der Waals surface area contributed by atoms with Gasteiger partial charge in [0.25, 0.3) is 0 Å². The number of fused-ring (bicyclic) bond motifs is 1. The lowest BCUT2D eigenvalue weighted by atomic mass is 10.1. The largest absolute Gasteiger partial charge is 0.380 e. The van der Waals surface area contributed by atoms with Crippen LogP contribution in [0.5, 0.6) is 0 Å². The minimum atomic E-state index is 0.387. The Bertz CT molecular complexity index is 299. The first kappa shape index (κ1) is 7.90. The zero-order valence-electron chi connectivity index (χ0n) is 6.68. The fourth-order valence-electron chi connectivity index (χ4n) is 1.54. The number of halogens is 1. The average Bonchev–Trinajstić information content (AvgIpc) is 2.46. The molecule has 1 aromatic carbocycles. The summed E-state index contributed by atoms with van der Waals surface area (Å²) in [5.41, 5.74) is 8.01. The van der Waals surface area contributed by atoms with Gasteiger partial charge >= 0.3 is 0 Å². The highest BCUT2D eigenvalue weighted by molar-refractivity contribution is 6.30. The van der Waals surface area contributed by atoms with Crippen molar-refractivity contribution in [3.05, 3.63) is 28.8 Å². The van der Waals surface area contributed by atoms with Crippen LogP contribution in [0.25, 0.3) is 0 Å². The molecule has 1 atom stereocenters. The standard InChI is InChI=1S/C9H11ClN2/c10-7-2-1-6-3-8(5-11)12-9(6)4-7/h1-2,4,8,12H,3,5,11H2. The van der Waals surface area contributed by atoms with Crippen molar-refractivity contribution in [1.82, 2.24) is 0 Å². The van der Waals surface area contributed by atoms with E-state index in [1.165, 1.54) is 5.56 Å². The van der Waals surface area contributed by atoms with Gasteiger partial charge in [0, 0.05) is 23.3 Å². The zero-order chi connectivity index (χ0) is 8.55. The van der Waals surface area contributed by atoms with Crippen LogP contribution in [0.4, 0.5) is 5.69 Å². The lowest BCUT2D eigenvalue weighted by molar-refractivity contribution is 0.760. The summed E-state index contributed by atoms with van der Waals surface area (Å²) in [7, 11) is 0. The van der Waals surface area contributed by atoms with Crippen molar-refractivity contribution in [2.75, 3.05) is 11.9 Å². The molecule has 3 N–H and O–H groups in total. The molecule has 0 radical (unpaired) electrons. The van der Waals surface area contributed by atoms with Crippen LogP contribution in [-0.4, -0.2) is 12.6 Å². The third-order valence-corrected chi connectivity index (χ3v) is 2.42. The van der Waals surface area contributed by atoms with Gasteiger partial charge < -0.3 is 11.1 Å². The molecule has 0 spiro atoms. The molecule has 2 nitrogen and oxygen atoms in total. The predicted octanol–water partition coefficient (Wildman–Crippen LogP) is 1.64. The minimum Gasteiger partial charge on any atom is -0.380 e. The summed E-state index contributed by atoms with van der Waals surface area (Å²) < 4.78 is 0. The van der Waals surface area contributed by atoms with E-state index in [9.17, 15) is 0 Å². The summed E-state index contributed by atoms with van der Waals surface area (Å²) in [6, 6.07) is 6.31. The first-order chi connectivity index (χ1) is 5.79. The molecule has 0 saturated carbocycles. The van der Waals surface area contributed by atoms with Gasteiger partial charge in [-0.1, -0.05) is 17.7 Å². The number of benzene rings is 1. The van der Waals surface area contributed by atoms with Gasteiger partial charge in [-0.05, 0) is 24.1 Å². The first-order valence-electron chi connectivity index (χ1n) is 4.04. The molecule has 1 aliphatic heterocycles. The highest BCUT2D eigenvalue weighted by atomic mass is 35.5. The van der Waals surface area contributed by atoms with Crippen molar-refractivity contribution in [1.29, 1.82) is 0 Å². The topological polar surface area (TPSA) is 38.0 Å². The molecule has 2 rings (SSSR count). The van der Waals surface area contributed by atoms with Crippen molar-refractivity contribution in [3.63, 3.8) is 0 Å². The Morgan fingerprint density at radius 1 is 1.58 bits per heavy atom. The fraction of sp³-hybridized carbons (Fsp3) is 0.333. The van der Waals surface area contributed by atoms with Gasteiger partial charge in [0.05, 0.1) is 0 Å². The molecule has 1 unspecified atom stereocenters. The molecule has 0 saturated heterocycles. The smallest absolute Gasteiger partial charge is 0.0426 e. The van der Waals surface area contributed by atoms with E-state index in [1.807, 2.05) is 12.1 Å². The summed E-state index contributed by atoms with van der Waals surface area (Å²) in [6.07, 6.45) is 1.02. The van der Waals surface area contributed by atoms with Crippen LogP contribution in [-0.2, 0) is 6.42 Å². The Labute approximate surface area is 76.7 Å². The highest BCUT2D eigenvalue weighted by Gasteiger charge is 2.18. The highest BCUT2D eigenvalue weighted by Crippen LogP contribution is 2.28. The van der Waals surface area contributed by atoms with Crippen LogP contribution in [0, 0.1) is 0 Å². The Kier molecular flexibility index (Phi) is 1.95. The maximum absolute atomic E-state index is 5.84. The Balaban J connectivity index is 2.30. The lowest BCUT2D eigenvalue weighted by Crippen LogP contribution is -2.25. The van der Waals surface area contributed by atoms with Crippen LogP contribution in [0.3, 0.4) is 0 Å². The average molecular weight is 183 g/mol. The van der Waals surface area contributed by atoms with Gasteiger partial charge in [-0.25, -0.2) is 0 Å². The summed E-state index contributed by atoms with van der Waals surface area (Å²) in [6.45, 7) is 0.673. The summed E-state index contributed by atoms with van der Waals surface area (Å²) in [4.78, 5) is 0. The molecule has 0 aliphatic carbocycles. The van der Waals surface area contributed by atoms with E-state index in [4.69, 9.17) is 17.3 Å². The Morgan fingerprint density at radius 3 is 3.17 bits per heavy atom. The summed E-state index contributed by atoms with van der Waals surface area (Å²) in [5.74, 6) is 0. The van der Waals surface area contributed by atoms with Gasteiger partial charge in [-0.2, -0.15) is 0 Å². The molecule has 0 bridgehead atoms. The van der Waals surface area contributed by atoms with Crippen LogP contribution in [0.15, 0.2) is 18.2 Å². The first-order valence-corrected chi connectivity index (χ1v) is 4.42. The number of hydrogen-bond acceptors (Lipinski definition) is 2. The number of nitrogens with one attached hydrogen (secondary N) is 1. The lowest BCUT2D eigenvalue weighted by Gasteiger charge is -2.05. The maximum Gasteiger partial charge on any atom is 0.0426 e. The predicted molar refractivity (Wildman–Crippen MR) is 51.6 cm³/mol. The van der Waals surface area contributed by atoms with Crippen LogP contribution < -0.4 is 11.1 Å². The van der Waals surface area contributed by atoms with Crippen molar-refractivity contribution in [2.45, 2.75) is 12.5 Å². The quantitative estimate of drug-likeness (QED) is 0.693. The Hall–Kier alpha value is -0.730. The number of anilines is 1. The summed E-state index contributed by atoms with van der Waals surface area (Å²) >= 11 is 5.84. The second-order valence-corrected chi connectivity index (χ2v) is 3.52. The molecule has 3 heteroatoms. The minimum absolute atomic E-state index is 0.387. The second-order valence-electron chi connectivity index (χ2n) is 3.08. The van der Waals surface area contributed by atoms with E-state index in [1.54, 1.807) is 0 Å². The Morgan fingerprint density at radius 2 is 2.42 bits per heavy atom. The molecule has 1 aromatic rings. The van der Waals surface area contributed by atoms with Gasteiger partial charge in [-0.15, -0.1) is 0 Å². The van der Waals surface area contributed by atoms with E-state index < -0.39 is 0 Å². The van der Waals surface area contributed by atoms with E-state index in [-0.39, 0.29) is 0 Å². The van der Waals surface area contributed by atoms with Gasteiger partial charge in [0.15, 0.2) is 0 Å². The van der Waals surface area contributed by atoms with Crippen LogP contribution in [0.1, 0.15) is 5.56 Å². The third-order valence-electron chi connectivity index (χ3n) is 2.18. The SMILES string of the molecule is NCC1Cc2ccc(Cl)cc2N1. The van der Waals surface area contributed by atoms with Crippen molar-refractivity contribution in [3.8, 4) is 0 Å². The normalized spacial score (nSPS) is 20.3. The molecule has 12 heavy (non-hydrogen) atoms. The van der Waals surface area contributed by atoms with Gasteiger partial charge in [-0.3, -0.25) is 0 Å². The monoisotopic (exact) mass is 182 g/mol. The molecular weight excluding hydrogens is 172 g/mol. The molecule has 0 aromatic heterocycles. The summed E-state index contributed by atoms with van der Waals surface area (Å²) in [5, 5.41) is 4.09. The van der Waals surface area contributed by atoms with Crippen LogP contribution >= 0.6 is 11.6 Å².